The zero-order chi connectivity index (χ0) is 21.1. The lowest BCUT2D eigenvalue weighted by atomic mass is 10.2. The molecule has 4 rings (SSSR count). The van der Waals surface area contributed by atoms with Crippen molar-refractivity contribution in [3.05, 3.63) is 58.8 Å². The molecule has 3 heterocycles. The molecule has 0 amide bonds. The predicted octanol–water partition coefficient (Wildman–Crippen LogP) is 2.29. The average Bonchev–Trinajstić information content (AvgIpc) is 2.75. The third-order valence-electron chi connectivity index (χ3n) is 5.34. The van der Waals surface area contributed by atoms with E-state index in [2.05, 4.69) is 19.8 Å². The van der Waals surface area contributed by atoms with Crippen molar-refractivity contribution < 1.29 is 13.5 Å². The van der Waals surface area contributed by atoms with Crippen LogP contribution in [0.15, 0.2) is 47.5 Å². The molecular formula is C21H23F2N5O2. The highest BCUT2D eigenvalue weighted by atomic mass is 19.3. The number of ether oxygens (including phenoxy) is 1. The third-order valence-corrected chi connectivity index (χ3v) is 5.34. The number of benzene rings is 1. The summed E-state index contributed by atoms with van der Waals surface area (Å²) in [6, 6.07) is 11.0. The van der Waals surface area contributed by atoms with E-state index in [0.29, 0.717) is 10.9 Å². The van der Waals surface area contributed by atoms with Crippen molar-refractivity contribution in [3.8, 4) is 5.88 Å². The van der Waals surface area contributed by atoms with Crippen LogP contribution in [0.1, 0.15) is 5.69 Å². The number of nitrogens with zero attached hydrogens (tertiary/aromatic N) is 5. The van der Waals surface area contributed by atoms with E-state index < -0.39 is 13.0 Å². The Hall–Kier alpha value is -3.07. The Balaban J connectivity index is 1.46. The highest BCUT2D eigenvalue weighted by Crippen LogP contribution is 2.27. The number of aromatic nitrogens is 3. The maximum absolute atomic E-state index is 12.5. The van der Waals surface area contributed by atoms with Crippen LogP contribution in [0, 0.1) is 0 Å². The fourth-order valence-corrected chi connectivity index (χ4v) is 3.63. The number of hydrogen-bond donors (Lipinski definition) is 0. The lowest BCUT2D eigenvalue weighted by Crippen LogP contribution is -2.46. The molecule has 30 heavy (non-hydrogen) atoms. The minimum atomic E-state index is -2.56. The summed E-state index contributed by atoms with van der Waals surface area (Å²) in [5.41, 5.74) is 2.61. The number of halogens is 2. The quantitative estimate of drug-likeness (QED) is 0.616. The molecule has 0 radical (unpaired) electrons. The van der Waals surface area contributed by atoms with Crippen molar-refractivity contribution in [1.82, 2.24) is 19.4 Å². The van der Waals surface area contributed by atoms with Crippen LogP contribution in [0.4, 0.5) is 14.5 Å². The topological polar surface area (TPSA) is 63.5 Å². The number of pyridine rings is 1. The molecular weight excluding hydrogens is 392 g/mol. The number of piperazine rings is 1. The first-order chi connectivity index (χ1) is 14.5. The number of hydrogen-bond acceptors (Lipinski definition) is 6. The van der Waals surface area contributed by atoms with Gasteiger partial charge in [-0.3, -0.25) is 9.69 Å². The van der Waals surface area contributed by atoms with Gasteiger partial charge in [-0.1, -0.05) is 6.07 Å². The van der Waals surface area contributed by atoms with Gasteiger partial charge in [0.2, 0.25) is 11.4 Å². The number of alkyl halides is 2. The number of rotatable bonds is 6. The Morgan fingerprint density at radius 2 is 1.90 bits per heavy atom. The molecule has 158 valence electrons. The summed E-state index contributed by atoms with van der Waals surface area (Å²) in [7, 11) is 1.79. The lowest BCUT2D eigenvalue weighted by molar-refractivity contribution is 0.0804. The van der Waals surface area contributed by atoms with Gasteiger partial charge < -0.3 is 14.2 Å². The molecule has 1 aromatic carbocycles. The first-order valence-electron chi connectivity index (χ1n) is 9.79. The van der Waals surface area contributed by atoms with E-state index in [1.54, 1.807) is 23.7 Å². The summed E-state index contributed by atoms with van der Waals surface area (Å²) in [6.45, 7) is 3.34. The van der Waals surface area contributed by atoms with Crippen LogP contribution in [0.25, 0.3) is 10.9 Å². The van der Waals surface area contributed by atoms with E-state index >= 15 is 0 Å². The Morgan fingerprint density at radius 3 is 2.67 bits per heavy atom. The maximum atomic E-state index is 12.5. The van der Waals surface area contributed by atoms with Gasteiger partial charge >= 0.3 is 0 Å². The molecule has 1 aliphatic heterocycles. The fraction of sp³-hybridized carbons (Fsp3) is 0.381. The Morgan fingerprint density at radius 1 is 1.10 bits per heavy atom. The van der Waals surface area contributed by atoms with E-state index in [0.717, 1.165) is 44.1 Å². The molecule has 7 nitrogen and oxygen atoms in total. The van der Waals surface area contributed by atoms with Gasteiger partial charge in [0.05, 0.1) is 10.9 Å². The van der Waals surface area contributed by atoms with Crippen LogP contribution in [0.2, 0.25) is 0 Å². The van der Waals surface area contributed by atoms with Gasteiger partial charge in [-0.25, -0.2) is 18.7 Å². The number of fused-ring (bicyclic) bond motifs is 1. The fourth-order valence-electron chi connectivity index (χ4n) is 3.63. The van der Waals surface area contributed by atoms with E-state index in [1.807, 2.05) is 24.3 Å². The highest BCUT2D eigenvalue weighted by molar-refractivity contribution is 5.86. The SMILES string of the molecule is Cn1c(CN2CCN(c3ccc4ncnc(OCC(F)F)c4c3)CC2)cccc1=O. The van der Waals surface area contributed by atoms with Crippen molar-refractivity contribution in [2.45, 2.75) is 13.0 Å². The zero-order valence-corrected chi connectivity index (χ0v) is 16.7. The lowest BCUT2D eigenvalue weighted by Gasteiger charge is -2.36. The van der Waals surface area contributed by atoms with E-state index in [1.165, 1.54) is 6.33 Å². The minimum absolute atomic E-state index is 0.00520. The summed E-state index contributed by atoms with van der Waals surface area (Å²) >= 11 is 0. The zero-order valence-electron chi connectivity index (χ0n) is 16.7. The molecule has 0 N–H and O–H groups in total. The van der Waals surface area contributed by atoms with Gasteiger partial charge in [0.25, 0.3) is 6.43 Å². The van der Waals surface area contributed by atoms with E-state index in [9.17, 15) is 13.6 Å². The largest absolute Gasteiger partial charge is 0.471 e. The van der Waals surface area contributed by atoms with Crippen LogP contribution in [0.5, 0.6) is 5.88 Å². The maximum Gasteiger partial charge on any atom is 0.272 e. The van der Waals surface area contributed by atoms with Crippen LogP contribution < -0.4 is 15.2 Å². The van der Waals surface area contributed by atoms with Gasteiger partial charge in [0.15, 0.2) is 6.61 Å². The standard InChI is InChI=1S/C21H23F2N5O2/c1-26-16(3-2-4-20(26)29)12-27-7-9-28(10-8-27)15-5-6-18-17(11-15)21(25-14-24-18)30-13-19(22)23/h2-6,11,14,19H,7-10,12-13H2,1H3. The highest BCUT2D eigenvalue weighted by Gasteiger charge is 2.19. The summed E-state index contributed by atoms with van der Waals surface area (Å²) in [4.78, 5) is 24.6. The van der Waals surface area contributed by atoms with E-state index in [-0.39, 0.29) is 11.4 Å². The molecule has 0 spiro atoms. The molecule has 0 bridgehead atoms. The second-order valence-electron chi connectivity index (χ2n) is 7.26. The van der Waals surface area contributed by atoms with Gasteiger partial charge in [-0.05, 0) is 24.3 Å². The van der Waals surface area contributed by atoms with Crippen molar-refractivity contribution in [3.63, 3.8) is 0 Å². The molecule has 2 aromatic heterocycles. The molecule has 9 heteroatoms. The molecule has 0 saturated carbocycles. The normalized spacial score (nSPS) is 15.1. The van der Waals surface area contributed by atoms with Crippen LogP contribution in [-0.4, -0.2) is 58.6 Å². The molecule has 1 saturated heterocycles. The smallest absolute Gasteiger partial charge is 0.272 e. The second-order valence-corrected chi connectivity index (χ2v) is 7.26. The molecule has 0 aliphatic carbocycles. The Kier molecular flexibility index (Phi) is 5.89. The molecule has 0 unspecified atom stereocenters. The first kappa shape index (κ1) is 20.2. The summed E-state index contributed by atoms with van der Waals surface area (Å²) in [6.07, 6.45) is -1.24. The molecule has 1 fully saturated rings. The number of anilines is 1. The van der Waals surface area contributed by atoms with Gasteiger partial charge in [0, 0.05) is 57.2 Å². The second kappa shape index (κ2) is 8.74. The van der Waals surface area contributed by atoms with Crippen molar-refractivity contribution >= 4 is 16.6 Å². The first-order valence-corrected chi connectivity index (χ1v) is 9.79. The Labute approximate surface area is 172 Å². The molecule has 0 atom stereocenters. The van der Waals surface area contributed by atoms with Crippen LogP contribution >= 0.6 is 0 Å². The van der Waals surface area contributed by atoms with Gasteiger partial charge in [-0.15, -0.1) is 0 Å². The minimum Gasteiger partial charge on any atom is -0.471 e. The summed E-state index contributed by atoms with van der Waals surface area (Å²) < 4.78 is 31.9. The van der Waals surface area contributed by atoms with Crippen molar-refractivity contribution in [1.29, 1.82) is 0 Å². The summed E-state index contributed by atoms with van der Waals surface area (Å²) in [5.74, 6) is 0.172. The van der Waals surface area contributed by atoms with Crippen LogP contribution in [-0.2, 0) is 13.6 Å². The van der Waals surface area contributed by atoms with Gasteiger partial charge in [0.1, 0.15) is 6.33 Å². The Bertz CT molecular complexity index is 1080. The molecule has 3 aromatic rings. The monoisotopic (exact) mass is 415 g/mol. The van der Waals surface area contributed by atoms with Crippen molar-refractivity contribution in [2.24, 2.45) is 7.05 Å². The van der Waals surface area contributed by atoms with Gasteiger partial charge in [-0.2, -0.15) is 0 Å². The summed E-state index contributed by atoms with van der Waals surface area (Å²) in [5, 5.41) is 0.623. The van der Waals surface area contributed by atoms with E-state index in [4.69, 9.17) is 4.74 Å². The average molecular weight is 415 g/mol. The molecule has 1 aliphatic rings. The predicted molar refractivity (Wildman–Crippen MR) is 110 cm³/mol. The third kappa shape index (κ3) is 4.40. The van der Waals surface area contributed by atoms with Crippen molar-refractivity contribution in [2.75, 3.05) is 37.7 Å². The van der Waals surface area contributed by atoms with Crippen LogP contribution in [0.3, 0.4) is 0 Å².